The second-order valence-corrected chi connectivity index (χ2v) is 4.36. The van der Waals surface area contributed by atoms with Crippen molar-refractivity contribution in [1.29, 1.82) is 0 Å². The van der Waals surface area contributed by atoms with Crippen molar-refractivity contribution in [3.8, 4) is 0 Å². The van der Waals surface area contributed by atoms with Crippen LogP contribution in [-0.2, 0) is 0 Å². The number of hydrogen-bond donors (Lipinski definition) is 1. The Morgan fingerprint density at radius 3 is 2.88 bits per heavy atom. The summed E-state index contributed by atoms with van der Waals surface area (Å²) in [5, 5.41) is 4.09. The van der Waals surface area contributed by atoms with Crippen LogP contribution in [0.1, 0.15) is 11.3 Å². The zero-order valence-electron chi connectivity index (χ0n) is 9.06. The largest absolute Gasteiger partial charge is 0.368 e. The van der Waals surface area contributed by atoms with Crippen LogP contribution in [0.3, 0.4) is 0 Å². The molecule has 0 aliphatic carbocycles. The molecular weight excluding hydrogens is 287 g/mol. The number of nitrogen functional groups attached to an aromatic ring is 1. The van der Waals surface area contributed by atoms with Gasteiger partial charge in [0.05, 0.1) is 22.6 Å². The number of nitrogens with zero attached hydrogens (tertiary/aromatic N) is 3. The van der Waals surface area contributed by atoms with Gasteiger partial charge in [0, 0.05) is 0 Å². The van der Waals surface area contributed by atoms with Crippen LogP contribution in [0.4, 0.5) is 10.3 Å². The smallest absolute Gasteiger partial charge is 0.221 e. The van der Waals surface area contributed by atoms with Gasteiger partial charge in [-0.25, -0.2) is 14.1 Å². The molecule has 0 saturated carbocycles. The summed E-state index contributed by atoms with van der Waals surface area (Å²) in [5.74, 6) is -0.0277. The Bertz CT molecular complexity index is 577. The second-order valence-electron chi connectivity index (χ2n) is 3.50. The van der Waals surface area contributed by atoms with Gasteiger partial charge in [-0.3, -0.25) is 0 Å². The Labute approximate surface area is 106 Å². The molecule has 1 aromatic carbocycles. The first kappa shape index (κ1) is 11.8. The fourth-order valence-electron chi connectivity index (χ4n) is 1.32. The number of rotatable bonds is 2. The van der Waals surface area contributed by atoms with E-state index in [1.807, 2.05) is 6.92 Å². The Kier molecular flexibility index (Phi) is 3.23. The number of anilines is 1. The molecule has 0 fully saturated rings. The van der Waals surface area contributed by atoms with Crippen molar-refractivity contribution >= 4 is 28.1 Å². The molecule has 0 aliphatic rings. The van der Waals surface area contributed by atoms with Gasteiger partial charge in [0.1, 0.15) is 5.82 Å². The lowest BCUT2D eigenvalue weighted by molar-refractivity contribution is 0.621. The lowest BCUT2D eigenvalue weighted by Crippen LogP contribution is -1.97. The van der Waals surface area contributed by atoms with E-state index in [4.69, 9.17) is 5.73 Å². The molecule has 0 saturated heterocycles. The van der Waals surface area contributed by atoms with Crippen LogP contribution in [0, 0.1) is 12.7 Å². The van der Waals surface area contributed by atoms with Crippen LogP contribution in [-0.4, -0.2) is 15.9 Å². The van der Waals surface area contributed by atoms with Gasteiger partial charge in [-0.2, -0.15) is 5.10 Å². The molecule has 2 N–H and O–H groups in total. The molecule has 2 aromatic rings. The molecule has 4 nitrogen and oxygen atoms in total. The molecule has 0 unspecified atom stereocenters. The predicted octanol–water partition coefficient (Wildman–Crippen LogP) is 2.56. The van der Waals surface area contributed by atoms with Gasteiger partial charge >= 0.3 is 0 Å². The van der Waals surface area contributed by atoms with Crippen molar-refractivity contribution in [2.45, 2.75) is 6.92 Å². The maximum atomic E-state index is 13.2. The van der Waals surface area contributed by atoms with Gasteiger partial charge in [0.15, 0.2) is 0 Å². The minimum Gasteiger partial charge on any atom is -0.368 e. The normalized spacial score (nSPS) is 11.2. The van der Waals surface area contributed by atoms with Gasteiger partial charge in [-0.1, -0.05) is 6.07 Å². The number of nitrogens with two attached hydrogens (primary N) is 1. The van der Waals surface area contributed by atoms with E-state index in [2.05, 4.69) is 26.0 Å². The lowest BCUT2D eigenvalue weighted by atomic mass is 10.2. The molecule has 0 bridgehead atoms. The Balaban J connectivity index is 2.26. The van der Waals surface area contributed by atoms with Crippen LogP contribution >= 0.6 is 15.9 Å². The van der Waals surface area contributed by atoms with Crippen LogP contribution < -0.4 is 5.73 Å². The van der Waals surface area contributed by atoms with Gasteiger partial charge in [0.25, 0.3) is 0 Å². The summed E-state index contributed by atoms with van der Waals surface area (Å²) in [6.07, 6.45) is 3.22. The topological polar surface area (TPSA) is 56.2 Å². The van der Waals surface area contributed by atoms with Crippen molar-refractivity contribution in [2.75, 3.05) is 5.73 Å². The number of hydrogen-bond acceptors (Lipinski definition) is 3. The molecule has 1 heterocycles. The van der Waals surface area contributed by atoms with Gasteiger partial charge in [-0.15, -0.1) is 0 Å². The number of benzene rings is 1. The standard InChI is InChI=1S/C11H10BrFN4/c1-7-6-17(11(14)16-7)15-5-8-2-3-9(12)10(13)4-8/h2-6H,1H3,(H2,14,16). The minimum absolute atomic E-state index is 0.302. The van der Waals surface area contributed by atoms with Crippen LogP contribution in [0.25, 0.3) is 0 Å². The van der Waals surface area contributed by atoms with Gasteiger partial charge < -0.3 is 5.73 Å². The first-order chi connectivity index (χ1) is 8.06. The minimum atomic E-state index is -0.330. The molecule has 6 heteroatoms. The van der Waals surface area contributed by atoms with E-state index >= 15 is 0 Å². The molecular formula is C11H10BrFN4. The summed E-state index contributed by atoms with van der Waals surface area (Å²) < 4.78 is 15.1. The third-order valence-corrected chi connectivity index (χ3v) is 2.75. The van der Waals surface area contributed by atoms with Gasteiger partial charge in [0.2, 0.25) is 5.95 Å². The zero-order valence-corrected chi connectivity index (χ0v) is 10.6. The Morgan fingerprint density at radius 1 is 1.53 bits per heavy atom. The highest BCUT2D eigenvalue weighted by molar-refractivity contribution is 9.10. The third kappa shape index (κ3) is 2.71. The second kappa shape index (κ2) is 4.67. The zero-order chi connectivity index (χ0) is 12.4. The highest BCUT2D eigenvalue weighted by Gasteiger charge is 2.00. The Hall–Kier alpha value is -1.69. The Morgan fingerprint density at radius 2 is 2.29 bits per heavy atom. The predicted molar refractivity (Wildman–Crippen MR) is 68.5 cm³/mol. The molecule has 0 aliphatic heterocycles. The fourth-order valence-corrected chi connectivity index (χ4v) is 1.56. The summed E-state index contributed by atoms with van der Waals surface area (Å²) in [6.45, 7) is 1.82. The molecule has 0 spiro atoms. The quantitative estimate of drug-likeness (QED) is 0.866. The van der Waals surface area contributed by atoms with Crippen molar-refractivity contribution in [1.82, 2.24) is 9.66 Å². The van der Waals surface area contributed by atoms with Crippen LogP contribution in [0.2, 0.25) is 0 Å². The van der Waals surface area contributed by atoms with E-state index in [9.17, 15) is 4.39 Å². The number of aromatic nitrogens is 2. The molecule has 0 amide bonds. The molecule has 0 atom stereocenters. The van der Waals surface area contributed by atoms with Crippen LogP contribution in [0.5, 0.6) is 0 Å². The summed E-state index contributed by atoms with van der Waals surface area (Å²) >= 11 is 3.09. The van der Waals surface area contributed by atoms with Gasteiger partial charge in [-0.05, 0) is 40.5 Å². The number of halogens is 2. The highest BCUT2D eigenvalue weighted by Crippen LogP contribution is 2.15. The maximum absolute atomic E-state index is 13.2. The molecule has 1 aromatic heterocycles. The van der Waals surface area contributed by atoms with E-state index in [1.54, 1.807) is 18.3 Å². The fraction of sp³-hybridized carbons (Fsp3) is 0.0909. The van der Waals surface area contributed by atoms with Crippen molar-refractivity contribution < 1.29 is 4.39 Å². The lowest BCUT2D eigenvalue weighted by Gasteiger charge is -1.97. The van der Waals surface area contributed by atoms with E-state index in [0.29, 0.717) is 16.0 Å². The van der Waals surface area contributed by atoms with Crippen LogP contribution in [0.15, 0.2) is 34.0 Å². The van der Waals surface area contributed by atoms with E-state index in [0.717, 1.165) is 5.69 Å². The number of imidazole rings is 1. The molecule has 88 valence electrons. The number of aryl methyl sites for hydroxylation is 1. The van der Waals surface area contributed by atoms with E-state index < -0.39 is 0 Å². The molecule has 2 rings (SSSR count). The van der Waals surface area contributed by atoms with Crippen molar-refractivity contribution in [3.05, 3.63) is 45.9 Å². The molecule has 17 heavy (non-hydrogen) atoms. The van der Waals surface area contributed by atoms with Crippen molar-refractivity contribution in [3.63, 3.8) is 0 Å². The first-order valence-corrected chi connectivity index (χ1v) is 5.66. The molecule has 0 radical (unpaired) electrons. The van der Waals surface area contributed by atoms with Crippen molar-refractivity contribution in [2.24, 2.45) is 5.10 Å². The maximum Gasteiger partial charge on any atom is 0.221 e. The average molecular weight is 297 g/mol. The highest BCUT2D eigenvalue weighted by atomic mass is 79.9. The average Bonchev–Trinajstić information content (AvgIpc) is 2.59. The summed E-state index contributed by atoms with van der Waals surface area (Å²) in [4.78, 5) is 4.00. The van der Waals surface area contributed by atoms with E-state index in [-0.39, 0.29) is 5.82 Å². The summed E-state index contributed by atoms with van der Waals surface area (Å²) in [7, 11) is 0. The SMILES string of the molecule is Cc1cn(N=Cc2ccc(Br)c(F)c2)c(N)n1. The summed E-state index contributed by atoms with van der Waals surface area (Å²) in [6, 6.07) is 4.75. The third-order valence-electron chi connectivity index (χ3n) is 2.11. The monoisotopic (exact) mass is 296 g/mol. The first-order valence-electron chi connectivity index (χ1n) is 4.87. The van der Waals surface area contributed by atoms with E-state index in [1.165, 1.54) is 17.0 Å². The summed E-state index contributed by atoms with van der Waals surface area (Å²) in [5.41, 5.74) is 7.04.